The molecule has 2 amide bonds. The maximum Gasteiger partial charge on any atom is 0.338 e. The molecule has 1 heterocycles. The predicted octanol–water partition coefficient (Wildman–Crippen LogP) is 3.84. The van der Waals surface area contributed by atoms with E-state index in [0.717, 1.165) is 12.0 Å². The van der Waals surface area contributed by atoms with Crippen molar-refractivity contribution in [1.82, 2.24) is 10.6 Å². The van der Waals surface area contributed by atoms with E-state index in [0.29, 0.717) is 29.2 Å². The molecule has 1 aromatic rings. The lowest BCUT2D eigenvalue weighted by atomic mass is 9.93. The lowest BCUT2D eigenvalue weighted by Gasteiger charge is -2.30. The number of nitrogens with one attached hydrogen (secondary N) is 2. The van der Waals surface area contributed by atoms with Crippen LogP contribution in [0.1, 0.15) is 59.1 Å². The van der Waals surface area contributed by atoms with Crippen LogP contribution in [0.2, 0.25) is 0 Å². The van der Waals surface area contributed by atoms with E-state index in [1.54, 1.807) is 33.1 Å². The molecule has 7 heteroatoms. The van der Waals surface area contributed by atoms with Crippen LogP contribution in [0.5, 0.6) is 11.5 Å². The molecular formula is C21H30N2O5. The number of amides is 2. The number of allylic oxidation sites excluding steroid dienone is 1. The highest BCUT2D eigenvalue weighted by Crippen LogP contribution is 2.35. The van der Waals surface area contributed by atoms with E-state index in [4.69, 9.17) is 14.2 Å². The van der Waals surface area contributed by atoms with Crippen molar-refractivity contribution >= 4 is 12.0 Å². The molecule has 0 spiro atoms. The molecule has 1 aromatic carbocycles. The Morgan fingerprint density at radius 2 is 1.86 bits per heavy atom. The van der Waals surface area contributed by atoms with Gasteiger partial charge in [-0.2, -0.15) is 0 Å². The van der Waals surface area contributed by atoms with Crippen LogP contribution in [0, 0.1) is 0 Å². The number of urea groups is 1. The number of esters is 1. The number of benzene rings is 1. The van der Waals surface area contributed by atoms with Crippen molar-refractivity contribution < 1.29 is 23.8 Å². The lowest BCUT2D eigenvalue weighted by molar-refractivity contribution is -0.143. The molecular weight excluding hydrogens is 360 g/mol. The van der Waals surface area contributed by atoms with Gasteiger partial charge < -0.3 is 24.8 Å². The van der Waals surface area contributed by atoms with Gasteiger partial charge in [0, 0.05) is 5.70 Å². The Bertz CT molecular complexity index is 755. The lowest BCUT2D eigenvalue weighted by Crippen LogP contribution is -2.46. The summed E-state index contributed by atoms with van der Waals surface area (Å²) >= 11 is 0. The average Bonchev–Trinajstić information content (AvgIpc) is 2.60. The summed E-state index contributed by atoms with van der Waals surface area (Å²) in [5.41, 5.74) is 1.72. The Morgan fingerprint density at radius 1 is 1.14 bits per heavy atom. The van der Waals surface area contributed by atoms with E-state index in [-0.39, 0.29) is 18.2 Å². The van der Waals surface area contributed by atoms with Gasteiger partial charge in [0.05, 0.1) is 30.9 Å². The summed E-state index contributed by atoms with van der Waals surface area (Å²) in [5, 5.41) is 5.60. The van der Waals surface area contributed by atoms with Crippen LogP contribution in [0.4, 0.5) is 4.79 Å². The zero-order chi connectivity index (χ0) is 20.8. The van der Waals surface area contributed by atoms with Gasteiger partial charge in [-0.05, 0) is 51.8 Å². The highest BCUT2D eigenvalue weighted by molar-refractivity contribution is 5.95. The molecule has 0 radical (unpaired) electrons. The van der Waals surface area contributed by atoms with Gasteiger partial charge in [0.15, 0.2) is 11.5 Å². The van der Waals surface area contributed by atoms with Gasteiger partial charge >= 0.3 is 12.0 Å². The molecule has 1 unspecified atom stereocenters. The summed E-state index contributed by atoms with van der Waals surface area (Å²) in [5.74, 6) is 0.691. The van der Waals surface area contributed by atoms with Gasteiger partial charge in [-0.1, -0.05) is 19.4 Å². The van der Waals surface area contributed by atoms with Crippen molar-refractivity contribution in [2.45, 2.75) is 65.7 Å². The van der Waals surface area contributed by atoms with Gasteiger partial charge in [0.25, 0.3) is 0 Å². The minimum Gasteiger partial charge on any atom is -0.493 e. The number of hydrogen-bond donors (Lipinski definition) is 2. The Morgan fingerprint density at radius 3 is 2.43 bits per heavy atom. The molecule has 7 nitrogen and oxygen atoms in total. The van der Waals surface area contributed by atoms with Crippen molar-refractivity contribution in [2.75, 3.05) is 7.11 Å². The molecule has 0 aliphatic carbocycles. The van der Waals surface area contributed by atoms with Crippen LogP contribution in [-0.4, -0.2) is 31.3 Å². The maximum atomic E-state index is 12.8. The molecule has 0 saturated carbocycles. The molecule has 28 heavy (non-hydrogen) atoms. The largest absolute Gasteiger partial charge is 0.493 e. The third-order valence-electron chi connectivity index (χ3n) is 4.10. The first-order valence-corrected chi connectivity index (χ1v) is 9.62. The fourth-order valence-corrected chi connectivity index (χ4v) is 3.05. The van der Waals surface area contributed by atoms with Crippen molar-refractivity contribution in [3.05, 3.63) is 35.0 Å². The van der Waals surface area contributed by atoms with Crippen molar-refractivity contribution in [2.24, 2.45) is 0 Å². The van der Waals surface area contributed by atoms with Crippen molar-refractivity contribution in [1.29, 1.82) is 0 Å². The third kappa shape index (κ3) is 5.18. The SMILES string of the molecule is CCCC1=C(C(=O)OC(C)C)C(c2ccc(OC)c(OC(C)C)c2)NC(=O)N1. The average molecular weight is 390 g/mol. The van der Waals surface area contributed by atoms with Gasteiger partial charge in [-0.25, -0.2) is 9.59 Å². The summed E-state index contributed by atoms with van der Waals surface area (Å²) < 4.78 is 16.7. The molecule has 0 aromatic heterocycles. The Hall–Kier alpha value is -2.70. The van der Waals surface area contributed by atoms with Crippen LogP contribution >= 0.6 is 0 Å². The first-order chi connectivity index (χ1) is 13.3. The molecule has 1 aliphatic rings. The molecule has 0 bridgehead atoms. The van der Waals surface area contributed by atoms with E-state index in [1.807, 2.05) is 26.8 Å². The monoisotopic (exact) mass is 390 g/mol. The first-order valence-electron chi connectivity index (χ1n) is 9.62. The fraction of sp³-hybridized carbons (Fsp3) is 0.524. The quantitative estimate of drug-likeness (QED) is 0.659. The Balaban J connectivity index is 2.54. The van der Waals surface area contributed by atoms with Crippen LogP contribution in [0.15, 0.2) is 29.5 Å². The number of rotatable bonds is 8. The van der Waals surface area contributed by atoms with E-state index < -0.39 is 12.0 Å². The van der Waals surface area contributed by atoms with E-state index in [9.17, 15) is 9.59 Å². The Labute approximate surface area is 166 Å². The van der Waals surface area contributed by atoms with Gasteiger partial charge in [0.1, 0.15) is 0 Å². The number of ether oxygens (including phenoxy) is 3. The predicted molar refractivity (Wildman–Crippen MR) is 106 cm³/mol. The second-order valence-electron chi connectivity index (χ2n) is 7.20. The van der Waals surface area contributed by atoms with Crippen LogP contribution in [0.25, 0.3) is 0 Å². The summed E-state index contributed by atoms with van der Waals surface area (Å²) in [4.78, 5) is 25.1. The van der Waals surface area contributed by atoms with Gasteiger partial charge in [0.2, 0.25) is 0 Å². The molecule has 0 fully saturated rings. The molecule has 2 N–H and O–H groups in total. The molecule has 2 rings (SSSR count). The summed E-state index contributed by atoms with van der Waals surface area (Å²) in [6.07, 6.45) is 1.03. The van der Waals surface area contributed by atoms with Crippen molar-refractivity contribution in [3.63, 3.8) is 0 Å². The van der Waals surface area contributed by atoms with E-state index in [2.05, 4.69) is 10.6 Å². The number of carbonyl (C=O) groups is 2. The zero-order valence-electron chi connectivity index (χ0n) is 17.4. The topological polar surface area (TPSA) is 85.9 Å². The third-order valence-corrected chi connectivity index (χ3v) is 4.10. The number of hydrogen-bond acceptors (Lipinski definition) is 5. The van der Waals surface area contributed by atoms with E-state index >= 15 is 0 Å². The standard InChI is InChI=1S/C21H30N2O5/c1-7-8-15-18(20(24)28-13(4)5)19(23-21(25)22-15)14-9-10-16(26-6)17(11-14)27-12(2)3/h9-13,19H,7-8H2,1-6H3,(H2,22,23,25). The highest BCUT2D eigenvalue weighted by Gasteiger charge is 2.34. The minimum absolute atomic E-state index is 0.0525. The number of methoxy groups -OCH3 is 1. The molecule has 1 atom stereocenters. The smallest absolute Gasteiger partial charge is 0.338 e. The second-order valence-corrected chi connectivity index (χ2v) is 7.20. The normalized spacial score (nSPS) is 16.7. The maximum absolute atomic E-state index is 12.8. The number of carbonyl (C=O) groups excluding carboxylic acids is 2. The second kappa shape index (κ2) is 9.48. The Kier molecular flexibility index (Phi) is 7.31. The fourth-order valence-electron chi connectivity index (χ4n) is 3.05. The zero-order valence-corrected chi connectivity index (χ0v) is 17.4. The van der Waals surface area contributed by atoms with Crippen LogP contribution in [0.3, 0.4) is 0 Å². The summed E-state index contributed by atoms with van der Waals surface area (Å²) in [7, 11) is 1.57. The molecule has 1 aliphatic heterocycles. The van der Waals surface area contributed by atoms with Crippen LogP contribution in [-0.2, 0) is 9.53 Å². The molecule has 0 saturated heterocycles. The van der Waals surface area contributed by atoms with Gasteiger partial charge in [-0.3, -0.25) is 0 Å². The van der Waals surface area contributed by atoms with Crippen molar-refractivity contribution in [3.8, 4) is 11.5 Å². The van der Waals surface area contributed by atoms with E-state index in [1.165, 1.54) is 0 Å². The summed E-state index contributed by atoms with van der Waals surface area (Å²) in [6.45, 7) is 9.42. The first kappa shape index (κ1) is 21.6. The highest BCUT2D eigenvalue weighted by atomic mass is 16.5. The van der Waals surface area contributed by atoms with Gasteiger partial charge in [-0.15, -0.1) is 0 Å². The molecule has 154 valence electrons. The summed E-state index contributed by atoms with van der Waals surface area (Å²) in [6, 6.07) is 4.39. The van der Waals surface area contributed by atoms with Crippen LogP contribution < -0.4 is 20.1 Å². The minimum atomic E-state index is -0.637.